The van der Waals surface area contributed by atoms with E-state index in [2.05, 4.69) is 5.32 Å². The van der Waals surface area contributed by atoms with E-state index in [1.807, 2.05) is 0 Å². The summed E-state index contributed by atoms with van der Waals surface area (Å²) >= 11 is 0. The van der Waals surface area contributed by atoms with E-state index < -0.39 is 12.2 Å². The number of carboxylic acid groups (broad SMARTS) is 1. The van der Waals surface area contributed by atoms with Gasteiger partial charge in [-0.2, -0.15) is 0 Å². The summed E-state index contributed by atoms with van der Waals surface area (Å²) < 4.78 is 5.05. The minimum Gasteiger partial charge on any atom is -0.465 e. The molecule has 68 valence electrons. The van der Waals surface area contributed by atoms with Crippen LogP contribution in [0.5, 0.6) is 0 Å². The fraction of sp³-hybridized carbons (Fsp3) is 0.714. The third-order valence-electron chi connectivity index (χ3n) is 1.81. The second-order valence-electron chi connectivity index (χ2n) is 2.67. The van der Waals surface area contributed by atoms with Gasteiger partial charge in [0.1, 0.15) is 6.10 Å². The summed E-state index contributed by atoms with van der Waals surface area (Å²) in [5.74, 6) is 0. The van der Waals surface area contributed by atoms with Gasteiger partial charge in [-0.05, 0) is 12.8 Å². The van der Waals surface area contributed by atoms with Gasteiger partial charge in [0.25, 0.3) is 0 Å². The molecule has 1 aliphatic heterocycles. The summed E-state index contributed by atoms with van der Waals surface area (Å²) in [4.78, 5) is 20.6. The maximum atomic E-state index is 10.4. The van der Waals surface area contributed by atoms with Crippen molar-refractivity contribution < 1.29 is 19.4 Å². The van der Waals surface area contributed by atoms with Crippen molar-refractivity contribution in [2.45, 2.75) is 25.0 Å². The summed E-state index contributed by atoms with van der Waals surface area (Å²) in [6, 6.07) is -0.381. The van der Waals surface area contributed by atoms with Crippen molar-refractivity contribution in [1.29, 1.82) is 0 Å². The molecule has 0 spiro atoms. The molecule has 2 atom stereocenters. The Morgan fingerprint density at radius 1 is 1.67 bits per heavy atom. The van der Waals surface area contributed by atoms with Crippen LogP contribution >= 0.6 is 0 Å². The molecule has 1 saturated heterocycles. The zero-order valence-corrected chi connectivity index (χ0v) is 6.53. The first-order valence-electron chi connectivity index (χ1n) is 3.80. The van der Waals surface area contributed by atoms with E-state index in [1.165, 1.54) is 0 Å². The molecule has 0 aromatic carbocycles. The molecule has 1 aliphatic rings. The maximum absolute atomic E-state index is 10.4. The first-order valence-corrected chi connectivity index (χ1v) is 3.80. The average Bonchev–Trinajstić information content (AvgIpc) is 2.04. The Hall–Kier alpha value is -1.10. The molecule has 0 aromatic heterocycles. The van der Waals surface area contributed by atoms with E-state index in [0.29, 0.717) is 19.3 Å². The lowest BCUT2D eigenvalue weighted by Crippen LogP contribution is -2.47. The number of amides is 1. The van der Waals surface area contributed by atoms with Crippen LogP contribution in [0.3, 0.4) is 0 Å². The van der Waals surface area contributed by atoms with Gasteiger partial charge in [0, 0.05) is 6.61 Å². The Balaban J connectivity index is 2.46. The zero-order valence-electron chi connectivity index (χ0n) is 6.53. The van der Waals surface area contributed by atoms with Crippen LogP contribution in [0.1, 0.15) is 12.8 Å². The van der Waals surface area contributed by atoms with Crippen LogP contribution in [0.4, 0.5) is 4.79 Å². The van der Waals surface area contributed by atoms with Crippen LogP contribution in [0, 0.1) is 0 Å². The Morgan fingerprint density at radius 3 is 3.00 bits per heavy atom. The highest BCUT2D eigenvalue weighted by Crippen LogP contribution is 2.11. The smallest absolute Gasteiger partial charge is 0.404 e. The van der Waals surface area contributed by atoms with Crippen molar-refractivity contribution in [3.8, 4) is 0 Å². The number of carbonyl (C=O) groups excluding carboxylic acids is 1. The fourth-order valence-electron chi connectivity index (χ4n) is 1.25. The molecular formula is C7H11NO4. The van der Waals surface area contributed by atoms with Crippen LogP contribution in [-0.4, -0.2) is 36.2 Å². The lowest BCUT2D eigenvalue weighted by Gasteiger charge is -2.27. The van der Waals surface area contributed by atoms with Crippen molar-refractivity contribution >= 4 is 12.4 Å². The molecule has 0 aliphatic carbocycles. The number of carbonyl (C=O) groups is 2. The summed E-state index contributed by atoms with van der Waals surface area (Å²) in [6.45, 7) is 0.529. The number of nitrogens with one attached hydrogen (secondary N) is 1. The quantitative estimate of drug-likeness (QED) is 0.576. The average molecular weight is 173 g/mol. The van der Waals surface area contributed by atoms with E-state index in [0.717, 1.165) is 6.42 Å². The molecule has 2 unspecified atom stereocenters. The van der Waals surface area contributed by atoms with Crippen LogP contribution in [0.25, 0.3) is 0 Å². The van der Waals surface area contributed by atoms with E-state index in [-0.39, 0.29) is 6.04 Å². The second kappa shape index (κ2) is 4.06. The van der Waals surface area contributed by atoms with Gasteiger partial charge in [-0.25, -0.2) is 4.79 Å². The SMILES string of the molecule is O=CC1OCCCC1NC(=O)O. The summed E-state index contributed by atoms with van der Waals surface area (Å²) in [6.07, 6.45) is 0.359. The molecule has 0 aromatic rings. The number of ether oxygens (including phenoxy) is 1. The van der Waals surface area contributed by atoms with Crippen molar-refractivity contribution in [2.24, 2.45) is 0 Å². The largest absolute Gasteiger partial charge is 0.465 e. The van der Waals surface area contributed by atoms with Gasteiger partial charge < -0.3 is 20.0 Å². The zero-order chi connectivity index (χ0) is 8.97. The molecule has 1 fully saturated rings. The van der Waals surface area contributed by atoms with Crippen molar-refractivity contribution in [2.75, 3.05) is 6.61 Å². The first kappa shape index (κ1) is 8.99. The van der Waals surface area contributed by atoms with Gasteiger partial charge in [0.2, 0.25) is 0 Å². The van der Waals surface area contributed by atoms with Gasteiger partial charge in [0.15, 0.2) is 6.29 Å². The van der Waals surface area contributed by atoms with E-state index in [4.69, 9.17) is 9.84 Å². The Bertz CT molecular complexity index is 182. The molecule has 0 saturated carbocycles. The van der Waals surface area contributed by atoms with Crippen LogP contribution in [0.15, 0.2) is 0 Å². The van der Waals surface area contributed by atoms with Gasteiger partial charge in [-0.3, -0.25) is 0 Å². The molecule has 2 N–H and O–H groups in total. The Morgan fingerprint density at radius 2 is 2.42 bits per heavy atom. The standard InChI is InChI=1S/C7H11NO4/c9-4-6-5(8-7(10)11)2-1-3-12-6/h4-6,8H,1-3H2,(H,10,11). The second-order valence-corrected chi connectivity index (χ2v) is 2.67. The molecule has 1 heterocycles. The Labute approximate surface area is 69.7 Å². The first-order chi connectivity index (χ1) is 5.74. The molecule has 12 heavy (non-hydrogen) atoms. The fourth-order valence-corrected chi connectivity index (χ4v) is 1.25. The number of hydrogen-bond acceptors (Lipinski definition) is 3. The Kier molecular flexibility index (Phi) is 3.04. The third-order valence-corrected chi connectivity index (χ3v) is 1.81. The topological polar surface area (TPSA) is 75.6 Å². The monoisotopic (exact) mass is 173 g/mol. The predicted molar refractivity (Wildman–Crippen MR) is 40.0 cm³/mol. The maximum Gasteiger partial charge on any atom is 0.404 e. The highest BCUT2D eigenvalue weighted by atomic mass is 16.5. The summed E-state index contributed by atoms with van der Waals surface area (Å²) in [7, 11) is 0. The molecule has 5 nitrogen and oxygen atoms in total. The number of rotatable bonds is 2. The van der Waals surface area contributed by atoms with Crippen molar-refractivity contribution in [3.63, 3.8) is 0 Å². The highest BCUT2D eigenvalue weighted by molar-refractivity contribution is 5.67. The van der Waals surface area contributed by atoms with Crippen LogP contribution < -0.4 is 5.32 Å². The predicted octanol–water partition coefficient (Wildman–Crippen LogP) is 0.000500. The van der Waals surface area contributed by atoms with Crippen molar-refractivity contribution in [1.82, 2.24) is 5.32 Å². The summed E-state index contributed by atoms with van der Waals surface area (Å²) in [5, 5.41) is 10.6. The number of hydrogen-bond donors (Lipinski definition) is 2. The van der Waals surface area contributed by atoms with Gasteiger partial charge in [-0.15, -0.1) is 0 Å². The summed E-state index contributed by atoms with van der Waals surface area (Å²) in [5.41, 5.74) is 0. The van der Waals surface area contributed by atoms with Gasteiger partial charge in [-0.1, -0.05) is 0 Å². The van der Waals surface area contributed by atoms with E-state index in [1.54, 1.807) is 0 Å². The molecule has 5 heteroatoms. The van der Waals surface area contributed by atoms with Gasteiger partial charge in [0.05, 0.1) is 6.04 Å². The van der Waals surface area contributed by atoms with Gasteiger partial charge >= 0.3 is 6.09 Å². The van der Waals surface area contributed by atoms with E-state index in [9.17, 15) is 9.59 Å². The minimum absolute atomic E-state index is 0.381. The molecule has 0 radical (unpaired) electrons. The number of aldehydes is 1. The highest BCUT2D eigenvalue weighted by Gasteiger charge is 2.26. The third kappa shape index (κ3) is 2.20. The van der Waals surface area contributed by atoms with Crippen LogP contribution in [0.2, 0.25) is 0 Å². The lowest BCUT2D eigenvalue weighted by molar-refractivity contribution is -0.122. The van der Waals surface area contributed by atoms with E-state index >= 15 is 0 Å². The lowest BCUT2D eigenvalue weighted by atomic mass is 10.0. The molecule has 1 rings (SSSR count). The molecular weight excluding hydrogens is 162 g/mol. The van der Waals surface area contributed by atoms with Crippen LogP contribution in [-0.2, 0) is 9.53 Å². The minimum atomic E-state index is -1.11. The normalized spacial score (nSPS) is 29.3. The molecule has 0 bridgehead atoms. The molecule has 1 amide bonds. The van der Waals surface area contributed by atoms with Crippen molar-refractivity contribution in [3.05, 3.63) is 0 Å².